The zero-order valence-corrected chi connectivity index (χ0v) is 17.1. The number of halogens is 3. The van der Waals surface area contributed by atoms with Crippen molar-refractivity contribution in [3.05, 3.63) is 51.4 Å². The first kappa shape index (κ1) is 20.2. The molecule has 2 aliphatic rings. The average molecular weight is 437 g/mol. The van der Waals surface area contributed by atoms with Crippen molar-refractivity contribution in [2.24, 2.45) is 11.8 Å². The lowest BCUT2D eigenvalue weighted by molar-refractivity contribution is -0.0905. The molecular formula is C21H19Cl2FN2O3. The minimum Gasteiger partial charge on any atom is -0.482 e. The van der Waals surface area contributed by atoms with Gasteiger partial charge in [-0.3, -0.25) is 0 Å². The topological polar surface area (TPSA) is 66.6 Å². The Bertz CT molecular complexity index is 992. The maximum atomic E-state index is 13.8. The van der Waals surface area contributed by atoms with Gasteiger partial charge in [0.15, 0.2) is 17.9 Å². The summed E-state index contributed by atoms with van der Waals surface area (Å²) in [4.78, 5) is 4.15. The van der Waals surface area contributed by atoms with Crippen LogP contribution in [0.2, 0.25) is 10.0 Å². The number of ether oxygens (including phenoxy) is 3. The van der Waals surface area contributed by atoms with Gasteiger partial charge in [0.1, 0.15) is 11.9 Å². The summed E-state index contributed by atoms with van der Waals surface area (Å²) in [6.45, 7) is 2.97. The van der Waals surface area contributed by atoms with Crippen molar-refractivity contribution < 1.29 is 18.6 Å². The Morgan fingerprint density at radius 3 is 3.00 bits per heavy atom. The summed E-state index contributed by atoms with van der Waals surface area (Å²) in [5.74, 6) is 6.73. The minimum atomic E-state index is -0.641. The van der Waals surface area contributed by atoms with Gasteiger partial charge in [-0.15, -0.1) is 0 Å². The number of aromatic nitrogens is 1. The molecule has 4 unspecified atom stereocenters. The van der Waals surface area contributed by atoms with Crippen LogP contribution in [0.25, 0.3) is 0 Å². The quantitative estimate of drug-likeness (QED) is 0.561. The van der Waals surface area contributed by atoms with Crippen molar-refractivity contribution in [1.29, 1.82) is 0 Å². The second-order valence-corrected chi connectivity index (χ2v) is 7.81. The highest BCUT2D eigenvalue weighted by Gasteiger charge is 2.40. The van der Waals surface area contributed by atoms with E-state index in [9.17, 15) is 4.39 Å². The molecule has 2 N–H and O–H groups in total. The summed E-state index contributed by atoms with van der Waals surface area (Å²) in [5.41, 5.74) is 6.95. The van der Waals surface area contributed by atoms with E-state index in [0.29, 0.717) is 41.0 Å². The highest BCUT2D eigenvalue weighted by molar-refractivity contribution is 6.36. The lowest BCUT2D eigenvalue weighted by Crippen LogP contribution is -2.13. The largest absolute Gasteiger partial charge is 0.482 e. The van der Waals surface area contributed by atoms with Crippen molar-refractivity contribution in [2.75, 3.05) is 18.9 Å². The van der Waals surface area contributed by atoms with Gasteiger partial charge in [-0.2, -0.15) is 0 Å². The molecule has 8 heteroatoms. The normalized spacial score (nSPS) is 23.9. The van der Waals surface area contributed by atoms with Crippen LogP contribution in [0.5, 0.6) is 5.75 Å². The van der Waals surface area contributed by atoms with Gasteiger partial charge in [0.25, 0.3) is 0 Å². The van der Waals surface area contributed by atoms with Crippen molar-refractivity contribution in [1.82, 2.24) is 4.98 Å². The first-order valence-electron chi connectivity index (χ1n) is 9.24. The monoisotopic (exact) mass is 436 g/mol. The molecule has 4 atom stereocenters. The van der Waals surface area contributed by atoms with E-state index in [2.05, 4.69) is 16.8 Å². The van der Waals surface area contributed by atoms with Crippen LogP contribution in [0.1, 0.15) is 30.6 Å². The van der Waals surface area contributed by atoms with Crippen LogP contribution >= 0.6 is 23.2 Å². The molecule has 4 rings (SSSR count). The molecule has 0 radical (unpaired) electrons. The zero-order valence-electron chi connectivity index (χ0n) is 15.6. The van der Waals surface area contributed by atoms with Crippen LogP contribution in [0.3, 0.4) is 0 Å². The molecule has 3 heterocycles. The van der Waals surface area contributed by atoms with Gasteiger partial charge in [-0.1, -0.05) is 35.0 Å². The van der Waals surface area contributed by atoms with Gasteiger partial charge in [0.05, 0.1) is 24.2 Å². The lowest BCUT2D eigenvalue weighted by atomic mass is 9.94. The number of nitrogen functional groups attached to an aromatic ring is 1. The Balaban J connectivity index is 1.54. The van der Waals surface area contributed by atoms with E-state index in [-0.39, 0.29) is 23.0 Å². The fourth-order valence-electron chi connectivity index (χ4n) is 3.57. The summed E-state index contributed by atoms with van der Waals surface area (Å²) in [5, 5.41) is 0.225. The molecule has 2 aromatic rings. The van der Waals surface area contributed by atoms with E-state index in [0.717, 1.165) is 6.42 Å². The third kappa shape index (κ3) is 4.15. The van der Waals surface area contributed by atoms with E-state index >= 15 is 0 Å². The molecule has 5 nitrogen and oxygen atoms in total. The number of benzene rings is 1. The zero-order chi connectivity index (χ0) is 20.5. The Hall–Kier alpha value is -2.04. The summed E-state index contributed by atoms with van der Waals surface area (Å²) >= 11 is 12.2. The second-order valence-electron chi connectivity index (χ2n) is 7.03. The fraction of sp³-hybridized carbons (Fsp3) is 0.381. The standard InChI is InChI=1S/C21H19Cl2FN2O3/c1-11(18-15(22)4-5-16(24)19(18)23)29-17-8-12(9-26-20(17)25)2-3-13-10-28-21-14(13)6-7-27-21/h4-5,8-9,11,13-14,21H,6-7,10H2,1H3,(H2,25,26). The molecule has 0 amide bonds. The molecule has 0 aliphatic carbocycles. The van der Waals surface area contributed by atoms with Gasteiger partial charge >= 0.3 is 0 Å². The van der Waals surface area contributed by atoms with Gasteiger partial charge in [0.2, 0.25) is 0 Å². The van der Waals surface area contributed by atoms with Gasteiger partial charge < -0.3 is 19.9 Å². The van der Waals surface area contributed by atoms with Crippen molar-refractivity contribution in [3.63, 3.8) is 0 Å². The first-order valence-corrected chi connectivity index (χ1v) is 10.00. The molecule has 152 valence electrons. The van der Waals surface area contributed by atoms with Crippen molar-refractivity contribution in [3.8, 4) is 17.6 Å². The van der Waals surface area contributed by atoms with Gasteiger partial charge in [0, 0.05) is 34.3 Å². The van der Waals surface area contributed by atoms with E-state index in [1.54, 1.807) is 19.2 Å². The number of anilines is 1. The third-order valence-electron chi connectivity index (χ3n) is 5.11. The Morgan fingerprint density at radius 1 is 1.34 bits per heavy atom. The molecule has 2 saturated heterocycles. The molecule has 1 aromatic heterocycles. The summed E-state index contributed by atoms with van der Waals surface area (Å²) in [6.07, 6.45) is 1.75. The van der Waals surface area contributed by atoms with Crippen LogP contribution < -0.4 is 10.5 Å². The second kappa shape index (κ2) is 8.37. The number of pyridine rings is 1. The average Bonchev–Trinajstić information content (AvgIpc) is 3.30. The molecule has 29 heavy (non-hydrogen) atoms. The summed E-state index contributed by atoms with van der Waals surface area (Å²) in [6, 6.07) is 4.34. The summed E-state index contributed by atoms with van der Waals surface area (Å²) < 4.78 is 30.9. The van der Waals surface area contributed by atoms with E-state index < -0.39 is 11.9 Å². The lowest BCUT2D eigenvalue weighted by Gasteiger charge is -2.19. The molecule has 0 saturated carbocycles. The van der Waals surface area contributed by atoms with Crippen LogP contribution in [-0.4, -0.2) is 24.5 Å². The smallest absolute Gasteiger partial charge is 0.166 e. The van der Waals surface area contributed by atoms with Crippen LogP contribution in [0.4, 0.5) is 10.2 Å². The minimum absolute atomic E-state index is 0.0814. The highest BCUT2D eigenvalue weighted by Crippen LogP contribution is 2.37. The molecular weight excluding hydrogens is 418 g/mol. The number of hydrogen-bond acceptors (Lipinski definition) is 5. The SMILES string of the molecule is CC(Oc1cc(C#CC2COC3OCCC23)cnc1N)c1c(Cl)ccc(F)c1Cl. The predicted molar refractivity (Wildman–Crippen MR) is 108 cm³/mol. The summed E-state index contributed by atoms with van der Waals surface area (Å²) in [7, 11) is 0. The Kier molecular flexibility index (Phi) is 5.84. The van der Waals surface area contributed by atoms with Gasteiger partial charge in [-0.05, 0) is 25.5 Å². The number of nitrogens with two attached hydrogens (primary N) is 1. The maximum absolute atomic E-state index is 13.8. The predicted octanol–water partition coefficient (Wildman–Crippen LogP) is 4.61. The van der Waals surface area contributed by atoms with Gasteiger partial charge in [-0.25, -0.2) is 9.37 Å². The van der Waals surface area contributed by atoms with E-state index in [4.69, 9.17) is 43.1 Å². The number of nitrogens with zero attached hydrogens (tertiary/aromatic N) is 1. The Morgan fingerprint density at radius 2 is 2.17 bits per heavy atom. The van der Waals surface area contributed by atoms with Crippen molar-refractivity contribution >= 4 is 29.0 Å². The molecule has 2 aliphatic heterocycles. The molecule has 1 aromatic carbocycles. The fourth-order valence-corrected chi connectivity index (χ4v) is 4.25. The van der Waals surface area contributed by atoms with Crippen LogP contribution in [0, 0.1) is 29.5 Å². The highest BCUT2D eigenvalue weighted by atomic mass is 35.5. The molecule has 0 bridgehead atoms. The third-order valence-corrected chi connectivity index (χ3v) is 5.83. The molecule has 2 fully saturated rings. The number of fused-ring (bicyclic) bond motifs is 1. The van der Waals surface area contributed by atoms with E-state index in [1.165, 1.54) is 12.1 Å². The maximum Gasteiger partial charge on any atom is 0.166 e. The Labute approximate surface area is 178 Å². The molecule has 0 spiro atoms. The van der Waals surface area contributed by atoms with Crippen LogP contribution in [0.15, 0.2) is 24.4 Å². The number of rotatable bonds is 3. The van der Waals surface area contributed by atoms with E-state index in [1.807, 2.05) is 0 Å². The van der Waals surface area contributed by atoms with Crippen molar-refractivity contribution in [2.45, 2.75) is 25.7 Å². The van der Waals surface area contributed by atoms with Crippen LogP contribution in [-0.2, 0) is 9.47 Å². The first-order chi connectivity index (χ1) is 13.9. The number of hydrogen-bond donors (Lipinski definition) is 1.